The molecule has 2 aromatic carbocycles. The molecule has 0 aliphatic carbocycles. The van der Waals surface area contributed by atoms with Crippen LogP contribution in [-0.4, -0.2) is 29.0 Å². The molecule has 4 rings (SSSR count). The van der Waals surface area contributed by atoms with E-state index in [1.165, 1.54) is 5.69 Å². The molecule has 0 spiro atoms. The predicted octanol–water partition coefficient (Wildman–Crippen LogP) is 3.04. The average Bonchev–Trinajstić information content (AvgIpc) is 3.10. The summed E-state index contributed by atoms with van der Waals surface area (Å²) in [6, 6.07) is 15.8. The summed E-state index contributed by atoms with van der Waals surface area (Å²) in [7, 11) is 0. The smallest absolute Gasteiger partial charge is 0.250 e. The molecule has 132 valence electrons. The van der Waals surface area contributed by atoms with Gasteiger partial charge < -0.3 is 19.9 Å². The van der Waals surface area contributed by atoms with Gasteiger partial charge in [-0.25, -0.2) is 4.98 Å². The zero-order valence-corrected chi connectivity index (χ0v) is 14.9. The lowest BCUT2D eigenvalue weighted by Gasteiger charge is -2.24. The summed E-state index contributed by atoms with van der Waals surface area (Å²) in [6.45, 7) is 2.30. The predicted molar refractivity (Wildman–Crippen MR) is 104 cm³/mol. The Hall–Kier alpha value is -2.93. The number of rotatable bonds is 4. The first kappa shape index (κ1) is 16.5. The van der Waals surface area contributed by atoms with Gasteiger partial charge in [0.05, 0.1) is 40.4 Å². The fraction of sp³-hybridized carbons (Fsp3) is 0.158. The Kier molecular flexibility index (Phi) is 4.53. The molecule has 3 N–H and O–H groups in total. The zero-order chi connectivity index (χ0) is 17.9. The van der Waals surface area contributed by atoms with Gasteiger partial charge in [0, 0.05) is 19.3 Å². The maximum atomic E-state index is 11.8. The van der Waals surface area contributed by atoms with Gasteiger partial charge in [0.15, 0.2) is 0 Å². The minimum atomic E-state index is -0.410. The number of primary amides is 1. The molecule has 26 heavy (non-hydrogen) atoms. The van der Waals surface area contributed by atoms with Gasteiger partial charge in [-0.3, -0.25) is 4.79 Å². The lowest BCUT2D eigenvalue weighted by molar-refractivity contribution is 0.100. The first-order chi connectivity index (χ1) is 12.7. The van der Waals surface area contributed by atoms with Crippen molar-refractivity contribution < 1.29 is 4.79 Å². The number of imidazole rings is 1. The molecule has 0 bridgehead atoms. The molecule has 1 amide bonds. The molecule has 7 heteroatoms. The van der Waals surface area contributed by atoms with Crippen LogP contribution in [0.3, 0.4) is 0 Å². The van der Waals surface area contributed by atoms with Crippen LogP contribution in [0.4, 0.5) is 11.4 Å². The number of aromatic amines is 1. The third-order valence-electron chi connectivity index (χ3n) is 4.33. The lowest BCUT2D eigenvalue weighted by Crippen LogP contribution is -2.30. The second-order valence-corrected chi connectivity index (χ2v) is 7.09. The number of fused-ring (bicyclic) bond motifs is 1. The van der Waals surface area contributed by atoms with E-state index < -0.39 is 5.91 Å². The second kappa shape index (κ2) is 7.13. The first-order valence-electron chi connectivity index (χ1n) is 8.38. The molecule has 1 aromatic heterocycles. The number of carbonyl (C=O) groups excluding carboxylic acids is 1. The van der Waals surface area contributed by atoms with E-state index in [4.69, 9.17) is 5.73 Å². The highest BCUT2D eigenvalue weighted by molar-refractivity contribution is 8.00. The highest BCUT2D eigenvalue weighted by atomic mass is 32.2. The van der Waals surface area contributed by atoms with E-state index in [0.717, 1.165) is 35.9 Å². The summed E-state index contributed by atoms with van der Waals surface area (Å²) in [5, 5.41) is 0. The van der Waals surface area contributed by atoms with E-state index in [0.29, 0.717) is 5.56 Å². The fourth-order valence-electron chi connectivity index (χ4n) is 3.10. The van der Waals surface area contributed by atoms with Gasteiger partial charge >= 0.3 is 0 Å². The molecule has 3 aromatic rings. The van der Waals surface area contributed by atoms with Crippen molar-refractivity contribution in [2.45, 2.75) is 11.4 Å². The van der Waals surface area contributed by atoms with Crippen LogP contribution in [0, 0.1) is 0 Å². The van der Waals surface area contributed by atoms with Gasteiger partial charge in [0.2, 0.25) is 0 Å². The number of para-hydroxylation sites is 2. The van der Waals surface area contributed by atoms with Gasteiger partial charge in [-0.1, -0.05) is 24.3 Å². The Morgan fingerprint density at radius 2 is 1.88 bits per heavy atom. The van der Waals surface area contributed by atoms with E-state index in [-0.39, 0.29) is 0 Å². The van der Waals surface area contributed by atoms with Crippen LogP contribution in [-0.2, 0) is 6.54 Å². The molecule has 0 unspecified atom stereocenters. The van der Waals surface area contributed by atoms with Gasteiger partial charge in [-0.2, -0.15) is 0 Å². The maximum Gasteiger partial charge on any atom is 0.250 e. The van der Waals surface area contributed by atoms with Crippen molar-refractivity contribution in [2.24, 2.45) is 5.73 Å². The Balaban J connectivity index is 1.68. The summed E-state index contributed by atoms with van der Waals surface area (Å²) in [6.07, 6.45) is 3.62. The topological polar surface area (TPSA) is 78.3 Å². The minimum Gasteiger partial charge on any atom is -0.366 e. The number of carbonyl (C=O) groups is 1. The maximum absolute atomic E-state index is 11.8. The molecule has 1 aliphatic heterocycles. The number of nitrogens with one attached hydrogen (secondary N) is 1. The number of nitrogens with zero attached hydrogens (tertiary/aromatic N) is 3. The van der Waals surface area contributed by atoms with Crippen LogP contribution < -0.4 is 14.9 Å². The molecule has 0 fully saturated rings. The summed E-state index contributed by atoms with van der Waals surface area (Å²) in [4.78, 5) is 22.6. The summed E-state index contributed by atoms with van der Waals surface area (Å²) in [5.74, 6) is -0.410. The standard InChI is InChI=1S/C19H19N5OS/c20-19(25)15-5-1-2-6-16(15)24-10-9-23(12-14-11-21-13-22-14)17-7-3-4-8-18(17)26-24/h1-8,11,13H,9-10,12H2,(H2,20,25)(H,21,22). The number of H-pyrrole nitrogens is 1. The van der Waals surface area contributed by atoms with Crippen LogP contribution in [0.2, 0.25) is 0 Å². The Morgan fingerprint density at radius 3 is 2.65 bits per heavy atom. The van der Waals surface area contributed by atoms with Crippen molar-refractivity contribution in [2.75, 3.05) is 22.3 Å². The van der Waals surface area contributed by atoms with Crippen LogP contribution in [0.5, 0.6) is 0 Å². The normalized spacial score (nSPS) is 14.0. The number of anilines is 2. The van der Waals surface area contributed by atoms with Crippen molar-refractivity contribution in [3.8, 4) is 0 Å². The number of amides is 1. The van der Waals surface area contributed by atoms with E-state index >= 15 is 0 Å². The monoisotopic (exact) mass is 365 g/mol. The van der Waals surface area contributed by atoms with Crippen molar-refractivity contribution in [3.05, 3.63) is 72.3 Å². The average molecular weight is 365 g/mol. The highest BCUT2D eigenvalue weighted by Crippen LogP contribution is 2.39. The van der Waals surface area contributed by atoms with Crippen molar-refractivity contribution in [1.29, 1.82) is 0 Å². The third-order valence-corrected chi connectivity index (χ3v) is 5.47. The number of hydrogen-bond acceptors (Lipinski definition) is 5. The number of nitrogens with two attached hydrogens (primary N) is 1. The molecule has 0 radical (unpaired) electrons. The van der Waals surface area contributed by atoms with Crippen LogP contribution >= 0.6 is 11.9 Å². The Labute approximate surface area is 156 Å². The fourth-order valence-corrected chi connectivity index (χ4v) is 4.20. The van der Waals surface area contributed by atoms with Gasteiger partial charge in [0.1, 0.15) is 0 Å². The van der Waals surface area contributed by atoms with E-state index in [1.807, 2.05) is 36.5 Å². The first-order valence-corrected chi connectivity index (χ1v) is 9.15. The molecule has 1 aliphatic rings. The SMILES string of the molecule is NC(=O)c1ccccc1N1CCN(Cc2c[nH]cn2)c2ccccc2S1. The van der Waals surface area contributed by atoms with Crippen molar-refractivity contribution in [3.63, 3.8) is 0 Å². The molecule has 0 saturated heterocycles. The molecular weight excluding hydrogens is 346 g/mol. The number of benzene rings is 2. The van der Waals surface area contributed by atoms with Crippen LogP contribution in [0.1, 0.15) is 16.1 Å². The molecular formula is C19H19N5OS. The minimum absolute atomic E-state index is 0.410. The Morgan fingerprint density at radius 1 is 1.12 bits per heavy atom. The molecule has 0 saturated carbocycles. The van der Waals surface area contributed by atoms with Crippen molar-refractivity contribution in [1.82, 2.24) is 9.97 Å². The lowest BCUT2D eigenvalue weighted by atomic mass is 10.1. The Bertz CT molecular complexity index is 912. The van der Waals surface area contributed by atoms with E-state index in [2.05, 4.69) is 31.3 Å². The van der Waals surface area contributed by atoms with Crippen molar-refractivity contribution >= 4 is 29.2 Å². The quantitative estimate of drug-likeness (QED) is 0.695. The van der Waals surface area contributed by atoms with Crippen LogP contribution in [0.25, 0.3) is 0 Å². The summed E-state index contributed by atoms with van der Waals surface area (Å²) in [5.41, 5.74) is 9.13. The molecule has 0 atom stereocenters. The largest absolute Gasteiger partial charge is 0.366 e. The van der Waals surface area contributed by atoms with Gasteiger partial charge in [-0.05, 0) is 36.2 Å². The van der Waals surface area contributed by atoms with Gasteiger partial charge in [-0.15, -0.1) is 0 Å². The number of hydrogen-bond donors (Lipinski definition) is 2. The van der Waals surface area contributed by atoms with Crippen LogP contribution in [0.15, 0.2) is 66.0 Å². The third kappa shape index (κ3) is 3.25. The van der Waals surface area contributed by atoms with Gasteiger partial charge in [0.25, 0.3) is 5.91 Å². The second-order valence-electron chi connectivity index (χ2n) is 6.02. The van der Waals surface area contributed by atoms with E-state index in [1.54, 1.807) is 24.3 Å². The summed E-state index contributed by atoms with van der Waals surface area (Å²) < 4.78 is 2.14. The summed E-state index contributed by atoms with van der Waals surface area (Å²) >= 11 is 1.63. The van der Waals surface area contributed by atoms with E-state index in [9.17, 15) is 4.79 Å². The number of aromatic nitrogens is 2. The zero-order valence-electron chi connectivity index (χ0n) is 14.1. The molecule has 2 heterocycles. The molecule has 6 nitrogen and oxygen atoms in total. The highest BCUT2D eigenvalue weighted by Gasteiger charge is 2.23.